The van der Waals surface area contributed by atoms with Gasteiger partial charge in [-0.1, -0.05) is 140 Å². The molecule has 43 heavy (non-hydrogen) atoms. The van der Waals surface area contributed by atoms with E-state index in [2.05, 4.69) is 169 Å². The van der Waals surface area contributed by atoms with Crippen LogP contribution in [0.15, 0.2) is 164 Å². The summed E-state index contributed by atoms with van der Waals surface area (Å²) in [6, 6.07) is 59.9. The zero-order valence-electron chi connectivity index (χ0n) is 23.5. The Kier molecular flexibility index (Phi) is 5.27. The van der Waals surface area contributed by atoms with Gasteiger partial charge in [0.05, 0.1) is 17.1 Å². The second-order valence-corrected chi connectivity index (χ2v) is 11.3. The summed E-state index contributed by atoms with van der Waals surface area (Å²) >= 11 is 0. The van der Waals surface area contributed by atoms with Gasteiger partial charge < -0.3 is 4.90 Å². The van der Waals surface area contributed by atoms with Crippen LogP contribution in [0.2, 0.25) is 0 Å². The Labute approximate surface area is 252 Å². The van der Waals surface area contributed by atoms with Gasteiger partial charge in [-0.05, 0) is 68.8 Å². The van der Waals surface area contributed by atoms with Crippen LogP contribution in [-0.4, -0.2) is 0 Å². The van der Waals surface area contributed by atoms with E-state index in [1.807, 2.05) is 0 Å². The number of hydrogen-bond donors (Lipinski definition) is 0. The number of nitrogens with zero attached hydrogens (tertiary/aromatic N) is 1. The summed E-state index contributed by atoms with van der Waals surface area (Å²) in [4.78, 5) is 2.51. The van der Waals surface area contributed by atoms with Gasteiger partial charge in [-0.3, -0.25) is 0 Å². The van der Waals surface area contributed by atoms with Crippen molar-refractivity contribution >= 4 is 17.1 Å². The average Bonchev–Trinajstić information content (AvgIpc) is 3.29. The third kappa shape index (κ3) is 3.58. The SMILES string of the molecule is c1ccc(-c2cc3c(cc2-c2ccccc2)-c2cccc4c2N(c2ccccc2-c2ccccc2-4)c2ccccc2-3)cc1. The molecule has 0 aromatic heterocycles. The van der Waals surface area contributed by atoms with Crippen LogP contribution in [0.3, 0.4) is 0 Å². The molecule has 7 aromatic rings. The minimum Gasteiger partial charge on any atom is -0.308 e. The van der Waals surface area contributed by atoms with E-state index in [4.69, 9.17) is 0 Å². The Morgan fingerprint density at radius 1 is 0.256 bits per heavy atom. The van der Waals surface area contributed by atoms with Crippen molar-refractivity contribution in [3.63, 3.8) is 0 Å². The van der Waals surface area contributed by atoms with Gasteiger partial charge in [0.25, 0.3) is 0 Å². The highest BCUT2D eigenvalue weighted by Gasteiger charge is 2.33. The van der Waals surface area contributed by atoms with Crippen molar-refractivity contribution in [2.24, 2.45) is 0 Å². The van der Waals surface area contributed by atoms with Crippen LogP contribution >= 0.6 is 0 Å². The quantitative estimate of drug-likeness (QED) is 0.209. The van der Waals surface area contributed by atoms with Crippen molar-refractivity contribution in [1.29, 1.82) is 0 Å². The molecule has 200 valence electrons. The monoisotopic (exact) mass is 545 g/mol. The van der Waals surface area contributed by atoms with Crippen LogP contribution in [-0.2, 0) is 0 Å². The van der Waals surface area contributed by atoms with Crippen molar-refractivity contribution < 1.29 is 0 Å². The molecule has 0 N–H and O–H groups in total. The second kappa shape index (κ2) is 9.44. The Balaban J connectivity index is 1.46. The molecule has 0 spiro atoms. The van der Waals surface area contributed by atoms with Crippen molar-refractivity contribution in [2.45, 2.75) is 0 Å². The highest BCUT2D eigenvalue weighted by Crippen LogP contribution is 2.59. The van der Waals surface area contributed by atoms with Gasteiger partial charge in [0.1, 0.15) is 0 Å². The van der Waals surface area contributed by atoms with E-state index in [1.54, 1.807) is 0 Å². The molecule has 9 rings (SSSR count). The summed E-state index contributed by atoms with van der Waals surface area (Å²) in [7, 11) is 0. The summed E-state index contributed by atoms with van der Waals surface area (Å²) in [6.07, 6.45) is 0. The van der Waals surface area contributed by atoms with Crippen LogP contribution in [0.25, 0.3) is 66.8 Å². The first-order valence-corrected chi connectivity index (χ1v) is 14.9. The molecule has 0 unspecified atom stereocenters. The van der Waals surface area contributed by atoms with Crippen LogP contribution in [0.4, 0.5) is 17.1 Å². The molecule has 7 aromatic carbocycles. The Morgan fingerprint density at radius 2 is 0.628 bits per heavy atom. The molecule has 2 aliphatic rings. The first kappa shape index (κ1) is 24.0. The van der Waals surface area contributed by atoms with Gasteiger partial charge in [0.2, 0.25) is 0 Å². The largest absolute Gasteiger partial charge is 0.308 e. The van der Waals surface area contributed by atoms with Crippen molar-refractivity contribution in [3.8, 4) is 66.8 Å². The first-order valence-electron chi connectivity index (χ1n) is 14.9. The van der Waals surface area contributed by atoms with Gasteiger partial charge in [-0.2, -0.15) is 0 Å². The van der Waals surface area contributed by atoms with Gasteiger partial charge in [-0.25, -0.2) is 0 Å². The predicted molar refractivity (Wildman–Crippen MR) is 181 cm³/mol. The lowest BCUT2D eigenvalue weighted by Crippen LogP contribution is -2.11. The maximum atomic E-state index is 2.51. The maximum absolute atomic E-state index is 2.51. The van der Waals surface area contributed by atoms with Crippen LogP contribution in [0.1, 0.15) is 0 Å². The molecule has 1 heteroatoms. The molecule has 0 bridgehead atoms. The fourth-order valence-corrected chi connectivity index (χ4v) is 7.09. The molecule has 0 aliphatic carbocycles. The minimum absolute atomic E-state index is 1.20. The number of para-hydroxylation sites is 3. The third-order valence-electron chi connectivity index (χ3n) is 8.96. The van der Waals surface area contributed by atoms with Crippen molar-refractivity contribution in [2.75, 3.05) is 4.90 Å². The summed E-state index contributed by atoms with van der Waals surface area (Å²) in [5.41, 5.74) is 18.6. The van der Waals surface area contributed by atoms with E-state index >= 15 is 0 Å². The highest BCUT2D eigenvalue weighted by atomic mass is 15.2. The molecular formula is C42H27N. The van der Waals surface area contributed by atoms with Gasteiger partial charge in [-0.15, -0.1) is 0 Å². The van der Waals surface area contributed by atoms with E-state index in [0.29, 0.717) is 0 Å². The van der Waals surface area contributed by atoms with Gasteiger partial charge >= 0.3 is 0 Å². The Morgan fingerprint density at radius 3 is 1.19 bits per heavy atom. The lowest BCUT2D eigenvalue weighted by Gasteiger charge is -2.28. The third-order valence-corrected chi connectivity index (χ3v) is 8.96. The molecule has 0 radical (unpaired) electrons. The molecule has 2 heterocycles. The number of anilines is 3. The second-order valence-electron chi connectivity index (χ2n) is 11.3. The maximum Gasteiger partial charge on any atom is 0.0619 e. The summed E-state index contributed by atoms with van der Waals surface area (Å²) < 4.78 is 0. The van der Waals surface area contributed by atoms with Gasteiger partial charge in [0, 0.05) is 22.3 Å². The summed E-state index contributed by atoms with van der Waals surface area (Å²) in [6.45, 7) is 0. The number of fused-ring (bicyclic) bond motifs is 10. The molecule has 0 amide bonds. The van der Waals surface area contributed by atoms with E-state index in [9.17, 15) is 0 Å². The lowest BCUT2D eigenvalue weighted by atomic mass is 9.85. The van der Waals surface area contributed by atoms with E-state index in [-0.39, 0.29) is 0 Å². The molecule has 0 saturated heterocycles. The molecule has 0 saturated carbocycles. The Hall–Kier alpha value is -5.66. The number of benzene rings is 7. The summed E-state index contributed by atoms with van der Waals surface area (Å²) in [5.74, 6) is 0. The fourth-order valence-electron chi connectivity index (χ4n) is 7.09. The van der Waals surface area contributed by atoms with Crippen LogP contribution < -0.4 is 4.90 Å². The van der Waals surface area contributed by atoms with E-state index < -0.39 is 0 Å². The van der Waals surface area contributed by atoms with Crippen LogP contribution in [0.5, 0.6) is 0 Å². The standard InChI is InChI=1S/C42H27N/c1-3-14-28(15-4-1)36-26-38-33-21-10-12-25-41(33)43-40-24-11-9-20-32(40)30-18-7-8-19-31(30)34-22-13-23-35(42(34)43)39(38)27-37(36)29-16-5-2-6-17-29/h1-27H. The van der Waals surface area contributed by atoms with Crippen LogP contribution in [0, 0.1) is 0 Å². The number of hydrogen-bond acceptors (Lipinski definition) is 1. The van der Waals surface area contributed by atoms with Crippen molar-refractivity contribution in [3.05, 3.63) is 164 Å². The molecule has 0 atom stereocenters. The average molecular weight is 546 g/mol. The topological polar surface area (TPSA) is 3.24 Å². The molecule has 2 aliphatic heterocycles. The normalized spacial score (nSPS) is 12.1. The zero-order valence-corrected chi connectivity index (χ0v) is 23.5. The molecule has 0 fully saturated rings. The molecular weight excluding hydrogens is 518 g/mol. The van der Waals surface area contributed by atoms with E-state index in [0.717, 1.165) is 0 Å². The predicted octanol–water partition coefficient (Wildman–Crippen LogP) is 11.8. The van der Waals surface area contributed by atoms with Crippen molar-refractivity contribution in [1.82, 2.24) is 0 Å². The lowest BCUT2D eigenvalue weighted by molar-refractivity contribution is 1.31. The van der Waals surface area contributed by atoms with Gasteiger partial charge in [0.15, 0.2) is 0 Å². The highest BCUT2D eigenvalue weighted by molar-refractivity contribution is 6.13. The number of rotatable bonds is 2. The molecule has 1 nitrogen and oxygen atoms in total. The zero-order chi connectivity index (χ0) is 28.3. The fraction of sp³-hybridized carbons (Fsp3) is 0. The summed E-state index contributed by atoms with van der Waals surface area (Å²) in [5, 5.41) is 0. The smallest absolute Gasteiger partial charge is 0.0619 e. The minimum atomic E-state index is 1.20. The van der Waals surface area contributed by atoms with E-state index in [1.165, 1.54) is 83.8 Å². The first-order chi connectivity index (χ1) is 21.4. The Bertz CT molecular complexity index is 2180.